The molecule has 0 saturated carbocycles. The third-order valence-corrected chi connectivity index (χ3v) is 0. The molecular weight excluding hydrogens is 95.1 g/mol. The fourth-order valence-corrected chi connectivity index (χ4v) is 0. The number of rotatable bonds is 0. The van der Waals surface area contributed by atoms with Crippen molar-refractivity contribution in [3.63, 3.8) is 0 Å². The van der Waals surface area contributed by atoms with Crippen LogP contribution in [-0.2, 0) is 0 Å². The molecule has 0 aromatic rings. The van der Waals surface area contributed by atoms with Gasteiger partial charge in [-0.15, -0.1) is 0 Å². The van der Waals surface area contributed by atoms with Gasteiger partial charge in [0.1, 0.15) is 0 Å². The first kappa shape index (κ1) is 16.0. The molecule has 0 radical (unpaired) electrons. The molecule has 0 unspecified atom stereocenters. The Hall–Kier alpha value is 1.56. The van der Waals surface area contributed by atoms with E-state index in [0.717, 1.165) is 14.2 Å². The van der Waals surface area contributed by atoms with Crippen LogP contribution in [0.25, 0.3) is 0 Å². The number of aliphatic hydroxyl groups is 2. The molecule has 0 fully saturated rings. The summed E-state index contributed by atoms with van der Waals surface area (Å²) in [7, 11) is 2.00. The van der Waals surface area contributed by atoms with Gasteiger partial charge in [-0.25, -0.2) is 0 Å². The zero-order valence-corrected chi connectivity index (χ0v) is 2.89. The van der Waals surface area contributed by atoms with Crippen LogP contribution in [0.3, 0.4) is 0 Å². The van der Waals surface area contributed by atoms with Crippen LogP contribution in [0.15, 0.2) is 0 Å². The average molecular weight is 104 g/mol. The molecule has 0 spiro atoms. The first-order valence-corrected chi connectivity index (χ1v) is 0.894. The van der Waals surface area contributed by atoms with E-state index in [1.54, 1.807) is 0 Å². The molecule has 5 heavy (non-hydrogen) atoms. The van der Waals surface area contributed by atoms with Gasteiger partial charge in [0, 0.05) is 14.2 Å². The molecule has 0 aromatic carbocycles. The van der Waals surface area contributed by atoms with Crippen LogP contribution in [0.2, 0.25) is 0 Å². The van der Waals surface area contributed by atoms with Gasteiger partial charge in [0.15, 0.2) is 0 Å². The number of hydrogen-bond acceptors (Lipinski definition) is 2. The van der Waals surface area contributed by atoms with Crippen molar-refractivity contribution in [1.82, 2.24) is 0 Å². The van der Waals surface area contributed by atoms with Crippen molar-refractivity contribution in [3.05, 3.63) is 0 Å². The molecule has 0 amide bonds. The Morgan fingerprint density at radius 3 is 0.800 bits per heavy atom. The number of hydrogen-bond donors (Lipinski definition) is 2. The Labute approximate surface area is 74.6 Å². The fraction of sp³-hybridized carbons (Fsp3) is 1.00. The molecule has 0 heterocycles. The fourth-order valence-electron chi connectivity index (χ4n) is 0. The zero-order valence-electron chi connectivity index (χ0n) is 2.89. The molecule has 2 N–H and O–H groups in total. The minimum absolute atomic E-state index is 0. The van der Waals surface area contributed by atoms with Crippen molar-refractivity contribution in [2.45, 2.75) is 0 Å². The normalized spacial score (nSPS) is 2.40. The van der Waals surface area contributed by atoms with Crippen molar-refractivity contribution in [2.24, 2.45) is 0 Å². The van der Waals surface area contributed by atoms with Crippen molar-refractivity contribution >= 4 is 51.4 Å². The van der Waals surface area contributed by atoms with Gasteiger partial charge in [-0.2, -0.15) is 0 Å². The Bertz CT molecular complexity index is 7.61. The maximum atomic E-state index is 7.00. The summed E-state index contributed by atoms with van der Waals surface area (Å²) in [6, 6.07) is 0. The monoisotopic (exact) mass is 104 g/mol. The van der Waals surface area contributed by atoms with E-state index in [-0.39, 0.29) is 51.4 Å². The van der Waals surface area contributed by atoms with E-state index in [1.165, 1.54) is 0 Å². The molecular formula is C2H9KO2. The quantitative estimate of drug-likeness (QED) is 0.370. The third kappa shape index (κ3) is 29.0. The summed E-state index contributed by atoms with van der Waals surface area (Å²) in [5.74, 6) is 0. The maximum absolute atomic E-state index is 7.00. The Morgan fingerprint density at radius 2 is 0.800 bits per heavy atom. The second kappa shape index (κ2) is 47.6. The Morgan fingerprint density at radius 1 is 0.800 bits per heavy atom. The van der Waals surface area contributed by atoms with Crippen LogP contribution in [0, 0.1) is 0 Å². The summed E-state index contributed by atoms with van der Waals surface area (Å²) in [6.45, 7) is 0. The molecule has 2 nitrogen and oxygen atoms in total. The van der Waals surface area contributed by atoms with Crippen LogP contribution in [0.1, 0.15) is 0 Å². The molecule has 0 rings (SSSR count). The van der Waals surface area contributed by atoms with Crippen LogP contribution in [-0.4, -0.2) is 75.8 Å². The first-order valence-electron chi connectivity index (χ1n) is 0.894. The van der Waals surface area contributed by atoms with Crippen molar-refractivity contribution < 1.29 is 10.2 Å². The summed E-state index contributed by atoms with van der Waals surface area (Å²) >= 11 is 0. The van der Waals surface area contributed by atoms with E-state index >= 15 is 0 Å². The van der Waals surface area contributed by atoms with Gasteiger partial charge in [0.2, 0.25) is 0 Å². The summed E-state index contributed by atoms with van der Waals surface area (Å²) < 4.78 is 0. The molecule has 0 saturated heterocycles. The van der Waals surface area contributed by atoms with Gasteiger partial charge in [-0.1, -0.05) is 0 Å². The van der Waals surface area contributed by atoms with Crippen LogP contribution >= 0.6 is 0 Å². The standard InChI is InChI=1S/2CH4O.K.H/c2*1-2;;/h2*2H,1H3;;. The van der Waals surface area contributed by atoms with Crippen LogP contribution < -0.4 is 0 Å². The average Bonchev–Trinajstić information content (AvgIpc) is 1.50. The molecule has 3 heteroatoms. The number of aliphatic hydroxyl groups excluding tert-OH is 2. The van der Waals surface area contributed by atoms with Gasteiger partial charge in [0.05, 0.1) is 0 Å². The van der Waals surface area contributed by atoms with Gasteiger partial charge >= 0.3 is 51.4 Å². The zero-order chi connectivity index (χ0) is 4.00. The topological polar surface area (TPSA) is 40.5 Å². The van der Waals surface area contributed by atoms with E-state index in [4.69, 9.17) is 10.2 Å². The minimum atomic E-state index is 0. The van der Waals surface area contributed by atoms with E-state index < -0.39 is 0 Å². The van der Waals surface area contributed by atoms with E-state index in [0.29, 0.717) is 0 Å². The summed E-state index contributed by atoms with van der Waals surface area (Å²) in [6.07, 6.45) is 0. The van der Waals surface area contributed by atoms with Crippen molar-refractivity contribution in [1.29, 1.82) is 0 Å². The second-order valence-corrected chi connectivity index (χ2v) is 0. The van der Waals surface area contributed by atoms with Gasteiger partial charge in [0.25, 0.3) is 0 Å². The van der Waals surface area contributed by atoms with Crippen LogP contribution in [0.5, 0.6) is 0 Å². The summed E-state index contributed by atoms with van der Waals surface area (Å²) in [5.41, 5.74) is 0. The predicted molar refractivity (Wildman–Crippen MR) is 23.4 cm³/mol. The first-order chi connectivity index (χ1) is 2.00. The molecule has 0 bridgehead atoms. The molecule has 0 aliphatic carbocycles. The predicted octanol–water partition coefficient (Wildman–Crippen LogP) is -1.43. The van der Waals surface area contributed by atoms with Gasteiger partial charge in [-0.05, 0) is 0 Å². The molecule has 0 aliphatic heterocycles. The van der Waals surface area contributed by atoms with E-state index in [2.05, 4.69) is 0 Å². The van der Waals surface area contributed by atoms with Crippen LogP contribution in [0.4, 0.5) is 0 Å². The van der Waals surface area contributed by atoms with Crippen molar-refractivity contribution in [3.8, 4) is 0 Å². The van der Waals surface area contributed by atoms with E-state index in [9.17, 15) is 0 Å². The molecule has 30 valence electrons. The Kier molecular flexibility index (Phi) is 152. The van der Waals surface area contributed by atoms with E-state index in [1.807, 2.05) is 0 Å². The molecule has 0 aliphatic rings. The van der Waals surface area contributed by atoms with Crippen molar-refractivity contribution in [2.75, 3.05) is 14.2 Å². The second-order valence-electron chi connectivity index (χ2n) is 0. The Balaban J connectivity index is -0.0000000133. The molecule has 0 aromatic heterocycles. The van der Waals surface area contributed by atoms with Gasteiger partial charge < -0.3 is 10.2 Å². The SMILES string of the molecule is CO.CO.[KH]. The van der Waals surface area contributed by atoms with Gasteiger partial charge in [-0.3, -0.25) is 0 Å². The summed E-state index contributed by atoms with van der Waals surface area (Å²) in [5, 5.41) is 14.0. The molecule has 0 atom stereocenters. The third-order valence-electron chi connectivity index (χ3n) is 0. The summed E-state index contributed by atoms with van der Waals surface area (Å²) in [4.78, 5) is 0.